The Morgan fingerprint density at radius 2 is 1.90 bits per heavy atom. The highest BCUT2D eigenvalue weighted by atomic mass is 16.5. The number of rotatable bonds is 7. The zero-order chi connectivity index (χ0) is 21.7. The second kappa shape index (κ2) is 9.95. The summed E-state index contributed by atoms with van der Waals surface area (Å²) in [7, 11) is 1.71. The van der Waals surface area contributed by atoms with Crippen LogP contribution in [0.2, 0.25) is 0 Å². The first-order chi connectivity index (χ1) is 14.5. The molecule has 30 heavy (non-hydrogen) atoms. The van der Waals surface area contributed by atoms with E-state index >= 15 is 0 Å². The summed E-state index contributed by atoms with van der Waals surface area (Å²) in [6.45, 7) is 10.6. The number of carbonyl (C=O) groups is 1. The molecule has 2 aliphatic rings. The highest BCUT2D eigenvalue weighted by Crippen LogP contribution is 2.28. The van der Waals surface area contributed by atoms with Crippen LogP contribution in [0.3, 0.4) is 0 Å². The number of nitrogens with zero attached hydrogens (tertiary/aromatic N) is 4. The molecule has 8 heteroatoms. The number of nitrogens with two attached hydrogens (primary N) is 1. The molecule has 0 radical (unpaired) electrons. The average molecular weight is 416 g/mol. The minimum atomic E-state index is -0.363. The largest absolute Gasteiger partial charge is 0.495 e. The lowest BCUT2D eigenvalue weighted by molar-refractivity contribution is -0.138. The van der Waals surface area contributed by atoms with Crippen molar-refractivity contribution in [3.05, 3.63) is 35.5 Å². The molecular weight excluding hydrogens is 382 g/mol. The zero-order valence-electron chi connectivity index (χ0n) is 18.4. The van der Waals surface area contributed by atoms with Gasteiger partial charge in [-0.15, -0.1) is 0 Å². The number of para-hydroxylation sites is 2. The van der Waals surface area contributed by atoms with E-state index in [1.54, 1.807) is 19.0 Å². The van der Waals surface area contributed by atoms with E-state index in [4.69, 9.17) is 15.3 Å². The first-order valence-corrected chi connectivity index (χ1v) is 10.5. The molecule has 2 aliphatic heterocycles. The van der Waals surface area contributed by atoms with Crippen LogP contribution in [-0.4, -0.2) is 74.2 Å². The van der Waals surface area contributed by atoms with Crippen LogP contribution in [0.5, 0.6) is 5.75 Å². The number of anilines is 1. The molecule has 8 nitrogen and oxygen atoms in total. The van der Waals surface area contributed by atoms with Crippen LogP contribution in [0.15, 0.2) is 40.5 Å². The molecule has 1 fully saturated rings. The third kappa shape index (κ3) is 4.76. The van der Waals surface area contributed by atoms with Crippen LogP contribution in [0.25, 0.3) is 0 Å². The number of piperazine rings is 1. The third-order valence-electron chi connectivity index (χ3n) is 5.76. The summed E-state index contributed by atoms with van der Waals surface area (Å²) in [5.41, 5.74) is 3.03. The molecule has 1 unspecified atom stereocenters. The SMILES string of the molecule is CCOC(=O)C1=C(C)N(N)C(CCN2CCN(c3ccccc3OC)CC2)N=C1C. The molecule has 0 saturated carbocycles. The Balaban J connectivity index is 1.54. The summed E-state index contributed by atoms with van der Waals surface area (Å²) in [6.07, 6.45) is 0.631. The fourth-order valence-corrected chi connectivity index (χ4v) is 4.07. The normalized spacial score (nSPS) is 20.3. The molecular formula is C22H33N5O3. The smallest absolute Gasteiger partial charge is 0.341 e. The summed E-state index contributed by atoms with van der Waals surface area (Å²) < 4.78 is 10.6. The van der Waals surface area contributed by atoms with Gasteiger partial charge in [0.05, 0.1) is 25.1 Å². The van der Waals surface area contributed by atoms with Gasteiger partial charge in [-0.05, 0) is 32.9 Å². The molecule has 3 rings (SSSR count). The highest BCUT2D eigenvalue weighted by Gasteiger charge is 2.29. The van der Waals surface area contributed by atoms with Gasteiger partial charge >= 0.3 is 5.97 Å². The van der Waals surface area contributed by atoms with Crippen LogP contribution < -0.4 is 15.5 Å². The number of ether oxygens (including phenoxy) is 2. The van der Waals surface area contributed by atoms with Crippen molar-refractivity contribution in [3.8, 4) is 5.75 Å². The van der Waals surface area contributed by atoms with Crippen molar-refractivity contribution in [2.24, 2.45) is 10.8 Å². The predicted molar refractivity (Wildman–Crippen MR) is 119 cm³/mol. The topological polar surface area (TPSA) is 83.6 Å². The van der Waals surface area contributed by atoms with E-state index < -0.39 is 0 Å². The lowest BCUT2D eigenvalue weighted by Gasteiger charge is -2.38. The van der Waals surface area contributed by atoms with Crippen LogP contribution in [0.1, 0.15) is 27.2 Å². The molecule has 0 aliphatic carbocycles. The van der Waals surface area contributed by atoms with E-state index in [1.165, 1.54) is 0 Å². The third-order valence-corrected chi connectivity index (χ3v) is 5.76. The van der Waals surface area contributed by atoms with E-state index in [9.17, 15) is 4.79 Å². The maximum absolute atomic E-state index is 12.2. The predicted octanol–water partition coefficient (Wildman–Crippen LogP) is 2.02. The lowest BCUT2D eigenvalue weighted by Crippen LogP contribution is -2.49. The average Bonchev–Trinajstić information content (AvgIpc) is 2.76. The number of hydrogen-bond donors (Lipinski definition) is 1. The van der Waals surface area contributed by atoms with Crippen molar-refractivity contribution in [3.63, 3.8) is 0 Å². The molecule has 2 heterocycles. The van der Waals surface area contributed by atoms with Gasteiger partial charge in [0, 0.05) is 44.8 Å². The summed E-state index contributed by atoms with van der Waals surface area (Å²) in [4.78, 5) is 21.7. The van der Waals surface area contributed by atoms with Crippen LogP contribution in [0.4, 0.5) is 5.69 Å². The Labute approximate surface area is 178 Å². The number of carbonyl (C=O) groups excluding carboxylic acids is 1. The van der Waals surface area contributed by atoms with Crippen molar-refractivity contribution in [2.45, 2.75) is 33.4 Å². The number of benzene rings is 1. The van der Waals surface area contributed by atoms with Gasteiger partial charge in [0.15, 0.2) is 0 Å². The van der Waals surface area contributed by atoms with Crippen molar-refractivity contribution < 1.29 is 14.3 Å². The van der Waals surface area contributed by atoms with Crippen LogP contribution in [0, 0.1) is 0 Å². The van der Waals surface area contributed by atoms with Crippen molar-refractivity contribution in [1.29, 1.82) is 0 Å². The van der Waals surface area contributed by atoms with Crippen LogP contribution in [-0.2, 0) is 9.53 Å². The molecule has 164 valence electrons. The first kappa shape index (κ1) is 22.1. The molecule has 2 N–H and O–H groups in total. The van der Waals surface area contributed by atoms with Gasteiger partial charge in [0.2, 0.25) is 0 Å². The summed E-state index contributed by atoms with van der Waals surface area (Å²) in [6, 6.07) is 8.15. The standard InChI is InChI=1S/C22H33N5O3/c1-5-30-22(28)21-16(2)24-20(27(23)17(21)3)10-11-25-12-14-26(15-13-25)18-8-6-7-9-19(18)29-4/h6-9,20H,5,10-15,23H2,1-4H3. The maximum atomic E-state index is 12.2. The van der Waals surface area contributed by atoms with Gasteiger partial charge in [-0.2, -0.15) is 0 Å². The maximum Gasteiger partial charge on any atom is 0.341 e. The van der Waals surface area contributed by atoms with E-state index in [0.717, 1.165) is 50.6 Å². The molecule has 0 bridgehead atoms. The highest BCUT2D eigenvalue weighted by molar-refractivity contribution is 6.19. The summed E-state index contributed by atoms with van der Waals surface area (Å²) >= 11 is 0. The van der Waals surface area contributed by atoms with E-state index in [0.29, 0.717) is 23.6 Å². The van der Waals surface area contributed by atoms with E-state index in [2.05, 4.69) is 20.9 Å². The van der Waals surface area contributed by atoms with Gasteiger partial charge in [-0.25, -0.2) is 10.6 Å². The summed E-state index contributed by atoms with van der Waals surface area (Å²) in [5, 5.41) is 1.60. The molecule has 1 aromatic carbocycles. The molecule has 1 saturated heterocycles. The Kier molecular flexibility index (Phi) is 7.33. The van der Waals surface area contributed by atoms with Crippen molar-refractivity contribution >= 4 is 17.4 Å². The van der Waals surface area contributed by atoms with Gasteiger partial charge in [0.1, 0.15) is 17.5 Å². The van der Waals surface area contributed by atoms with Crippen LogP contribution >= 0.6 is 0 Å². The summed E-state index contributed by atoms with van der Waals surface area (Å²) in [5.74, 6) is 6.82. The second-order valence-electron chi connectivity index (χ2n) is 7.57. The van der Waals surface area contributed by atoms with Crippen molar-refractivity contribution in [2.75, 3.05) is 51.3 Å². The molecule has 0 spiro atoms. The first-order valence-electron chi connectivity index (χ1n) is 10.5. The number of aliphatic imine (C=N–C) groups is 1. The Morgan fingerprint density at radius 3 is 2.57 bits per heavy atom. The van der Waals surface area contributed by atoms with Gasteiger partial charge in [-0.3, -0.25) is 14.9 Å². The number of hydrogen-bond acceptors (Lipinski definition) is 8. The quantitative estimate of drug-likeness (QED) is 0.539. The minimum Gasteiger partial charge on any atom is -0.495 e. The second-order valence-corrected chi connectivity index (χ2v) is 7.57. The van der Waals surface area contributed by atoms with Crippen molar-refractivity contribution in [1.82, 2.24) is 9.91 Å². The van der Waals surface area contributed by atoms with Gasteiger partial charge in [-0.1, -0.05) is 12.1 Å². The fourth-order valence-electron chi connectivity index (χ4n) is 4.07. The number of hydrazine groups is 1. The number of allylic oxidation sites excluding steroid dienone is 1. The molecule has 1 atom stereocenters. The van der Waals surface area contributed by atoms with Gasteiger partial charge < -0.3 is 14.4 Å². The molecule has 1 aromatic rings. The van der Waals surface area contributed by atoms with E-state index in [-0.39, 0.29) is 12.1 Å². The van der Waals surface area contributed by atoms with E-state index in [1.807, 2.05) is 32.0 Å². The zero-order valence-corrected chi connectivity index (χ0v) is 18.4. The molecule has 0 aromatic heterocycles. The lowest BCUT2D eigenvalue weighted by atomic mass is 10.1. The Bertz CT molecular complexity index is 815. The Hall–Kier alpha value is -2.58. The fraction of sp³-hybridized carbons (Fsp3) is 0.545. The number of esters is 1. The Morgan fingerprint density at radius 1 is 1.20 bits per heavy atom. The minimum absolute atomic E-state index is 0.171. The number of methoxy groups -OCH3 is 1. The molecule has 0 amide bonds. The van der Waals surface area contributed by atoms with Gasteiger partial charge in [0.25, 0.3) is 0 Å². The monoisotopic (exact) mass is 415 g/mol.